The summed E-state index contributed by atoms with van der Waals surface area (Å²) < 4.78 is 27.1. The van der Waals surface area contributed by atoms with Crippen molar-refractivity contribution in [3.05, 3.63) is 59.7 Å². The second-order valence-corrected chi connectivity index (χ2v) is 8.17. The minimum atomic E-state index is -0.540. The number of rotatable bonds is 4. The normalized spacial score (nSPS) is 28.9. The van der Waals surface area contributed by atoms with Crippen LogP contribution < -0.4 is 5.32 Å². The topological polar surface area (TPSA) is 15.3 Å². The van der Waals surface area contributed by atoms with Crippen LogP contribution in [0.2, 0.25) is 0 Å². The molecule has 0 amide bonds. The lowest BCUT2D eigenvalue weighted by Gasteiger charge is -2.46. The fourth-order valence-electron chi connectivity index (χ4n) is 4.82. The summed E-state index contributed by atoms with van der Waals surface area (Å²) in [4.78, 5) is 2.58. The van der Waals surface area contributed by atoms with E-state index in [0.29, 0.717) is 11.6 Å². The Balaban J connectivity index is 1.35. The average molecular weight is 354 g/mol. The van der Waals surface area contributed by atoms with Gasteiger partial charge in [0.2, 0.25) is 0 Å². The zero-order valence-corrected chi connectivity index (χ0v) is 14.8. The number of hydrogen-bond acceptors (Lipinski definition) is 2. The van der Waals surface area contributed by atoms with Crippen LogP contribution in [0.15, 0.2) is 42.5 Å². The molecule has 0 aromatic heterocycles. The summed E-state index contributed by atoms with van der Waals surface area (Å²) >= 11 is 0. The van der Waals surface area contributed by atoms with Crippen molar-refractivity contribution >= 4 is 0 Å². The lowest BCUT2D eigenvalue weighted by atomic mass is 9.83. The van der Waals surface area contributed by atoms with Crippen LogP contribution in [0.3, 0.4) is 0 Å². The molecular formula is C22H24F2N2. The molecule has 2 aromatic carbocycles. The minimum Gasteiger partial charge on any atom is -0.303 e. The third kappa shape index (κ3) is 2.85. The third-order valence-electron chi connectivity index (χ3n) is 6.55. The van der Waals surface area contributed by atoms with Gasteiger partial charge in [-0.3, -0.25) is 0 Å². The van der Waals surface area contributed by atoms with Gasteiger partial charge in [0.15, 0.2) is 0 Å². The Morgan fingerprint density at radius 2 is 1.69 bits per heavy atom. The summed E-state index contributed by atoms with van der Waals surface area (Å²) in [5.41, 5.74) is 2.64. The van der Waals surface area contributed by atoms with Crippen molar-refractivity contribution in [1.29, 1.82) is 0 Å². The molecule has 3 aliphatic heterocycles. The van der Waals surface area contributed by atoms with Gasteiger partial charge in [-0.1, -0.05) is 24.3 Å². The Morgan fingerprint density at radius 1 is 0.962 bits per heavy atom. The molecule has 4 fully saturated rings. The van der Waals surface area contributed by atoms with Gasteiger partial charge in [-0.15, -0.1) is 0 Å². The molecule has 2 bridgehead atoms. The largest absolute Gasteiger partial charge is 0.303 e. The second-order valence-electron chi connectivity index (χ2n) is 8.17. The monoisotopic (exact) mass is 354 g/mol. The van der Waals surface area contributed by atoms with Gasteiger partial charge in [0.05, 0.1) is 0 Å². The Morgan fingerprint density at radius 3 is 2.27 bits per heavy atom. The summed E-state index contributed by atoms with van der Waals surface area (Å²) in [5, 5.41) is 3.97. The van der Waals surface area contributed by atoms with E-state index in [1.807, 2.05) is 12.1 Å². The number of fused-ring (bicyclic) bond motifs is 3. The minimum absolute atomic E-state index is 0.100. The van der Waals surface area contributed by atoms with E-state index in [1.165, 1.54) is 63.0 Å². The van der Waals surface area contributed by atoms with Crippen molar-refractivity contribution in [2.45, 2.75) is 37.3 Å². The van der Waals surface area contributed by atoms with Crippen LogP contribution in [-0.4, -0.2) is 30.6 Å². The zero-order chi connectivity index (χ0) is 17.7. The maximum atomic E-state index is 14.0. The predicted molar refractivity (Wildman–Crippen MR) is 98.8 cm³/mol. The average Bonchev–Trinajstić information content (AvgIpc) is 3.44. The van der Waals surface area contributed by atoms with Crippen molar-refractivity contribution in [3.8, 4) is 11.1 Å². The standard InChI is InChI=1S/C22H24F2N2/c23-18-5-6-19(20(24)13-18)15-1-3-17(4-2-15)22(9-10-22)25-21-14-26-11-7-16(21)8-12-26/h1-6,13,16,21,25H,7-12,14H2/t21-/m1/s1. The molecule has 4 heteroatoms. The molecule has 1 saturated carbocycles. The first-order valence-electron chi connectivity index (χ1n) is 9.69. The SMILES string of the molecule is Fc1ccc(-c2ccc(C3(N[C@@H]4CN5CCC4CC5)CC3)cc2)c(F)c1. The van der Waals surface area contributed by atoms with E-state index in [0.717, 1.165) is 17.5 Å². The molecule has 136 valence electrons. The van der Waals surface area contributed by atoms with E-state index in [4.69, 9.17) is 0 Å². The van der Waals surface area contributed by atoms with E-state index < -0.39 is 11.6 Å². The molecule has 0 spiro atoms. The molecule has 0 unspecified atom stereocenters. The van der Waals surface area contributed by atoms with Crippen LogP contribution >= 0.6 is 0 Å². The van der Waals surface area contributed by atoms with E-state index in [2.05, 4.69) is 22.3 Å². The molecule has 1 atom stereocenters. The molecule has 2 nitrogen and oxygen atoms in total. The highest BCUT2D eigenvalue weighted by molar-refractivity contribution is 5.64. The lowest BCUT2D eigenvalue weighted by molar-refractivity contribution is 0.0648. The van der Waals surface area contributed by atoms with Gasteiger partial charge in [-0.2, -0.15) is 0 Å². The van der Waals surface area contributed by atoms with E-state index in [9.17, 15) is 8.78 Å². The maximum Gasteiger partial charge on any atom is 0.133 e. The van der Waals surface area contributed by atoms with Crippen molar-refractivity contribution in [2.24, 2.45) is 5.92 Å². The van der Waals surface area contributed by atoms with Crippen molar-refractivity contribution in [1.82, 2.24) is 10.2 Å². The molecule has 3 heterocycles. The van der Waals surface area contributed by atoms with E-state index >= 15 is 0 Å². The van der Waals surface area contributed by atoms with Gasteiger partial charge in [0.1, 0.15) is 11.6 Å². The fraction of sp³-hybridized carbons (Fsp3) is 0.455. The molecular weight excluding hydrogens is 330 g/mol. The summed E-state index contributed by atoms with van der Waals surface area (Å²) in [6.07, 6.45) is 4.97. The number of piperidine rings is 3. The fourth-order valence-corrected chi connectivity index (χ4v) is 4.82. The van der Waals surface area contributed by atoms with Crippen LogP contribution in [0.4, 0.5) is 8.78 Å². The predicted octanol–water partition coefficient (Wildman–Crippen LogP) is 4.30. The molecule has 0 radical (unpaired) electrons. The molecule has 3 saturated heterocycles. The van der Waals surface area contributed by atoms with Crippen LogP contribution in [0, 0.1) is 17.6 Å². The van der Waals surface area contributed by atoms with Crippen LogP contribution in [0.25, 0.3) is 11.1 Å². The Kier molecular flexibility index (Phi) is 3.87. The molecule has 1 aliphatic carbocycles. The van der Waals surface area contributed by atoms with Gasteiger partial charge in [-0.25, -0.2) is 8.78 Å². The second kappa shape index (κ2) is 6.14. The highest BCUT2D eigenvalue weighted by atomic mass is 19.1. The first-order chi connectivity index (χ1) is 12.6. The highest BCUT2D eigenvalue weighted by Gasteiger charge is 2.48. The van der Waals surface area contributed by atoms with Crippen molar-refractivity contribution in [3.63, 3.8) is 0 Å². The lowest BCUT2D eigenvalue weighted by Crippen LogP contribution is -2.58. The highest BCUT2D eigenvalue weighted by Crippen LogP contribution is 2.47. The summed E-state index contributed by atoms with van der Waals surface area (Å²) in [5.74, 6) is -0.240. The van der Waals surface area contributed by atoms with Crippen LogP contribution in [0.1, 0.15) is 31.2 Å². The number of hydrogen-bond donors (Lipinski definition) is 1. The van der Waals surface area contributed by atoms with E-state index in [1.54, 1.807) is 0 Å². The zero-order valence-electron chi connectivity index (χ0n) is 14.8. The van der Waals surface area contributed by atoms with Crippen LogP contribution in [-0.2, 0) is 5.54 Å². The molecule has 6 rings (SSSR count). The first kappa shape index (κ1) is 16.4. The molecule has 2 aromatic rings. The number of benzene rings is 2. The van der Waals surface area contributed by atoms with Crippen molar-refractivity contribution < 1.29 is 8.78 Å². The molecule has 4 aliphatic rings. The number of halogens is 2. The Labute approximate surface area is 153 Å². The van der Waals surface area contributed by atoms with Crippen LogP contribution in [0.5, 0.6) is 0 Å². The van der Waals surface area contributed by atoms with Crippen molar-refractivity contribution in [2.75, 3.05) is 19.6 Å². The smallest absolute Gasteiger partial charge is 0.133 e. The van der Waals surface area contributed by atoms with Gasteiger partial charge in [0.25, 0.3) is 0 Å². The summed E-state index contributed by atoms with van der Waals surface area (Å²) in [6.45, 7) is 3.69. The molecule has 1 N–H and O–H groups in total. The Hall–Kier alpha value is -1.78. The number of nitrogens with one attached hydrogen (secondary N) is 1. The summed E-state index contributed by atoms with van der Waals surface area (Å²) in [6, 6.07) is 12.5. The number of nitrogens with zero attached hydrogens (tertiary/aromatic N) is 1. The quantitative estimate of drug-likeness (QED) is 0.880. The van der Waals surface area contributed by atoms with Gasteiger partial charge in [0, 0.05) is 29.8 Å². The third-order valence-corrected chi connectivity index (χ3v) is 6.55. The maximum absolute atomic E-state index is 14.0. The van der Waals surface area contributed by atoms with Gasteiger partial charge >= 0.3 is 0 Å². The summed E-state index contributed by atoms with van der Waals surface area (Å²) in [7, 11) is 0. The van der Waals surface area contributed by atoms with Gasteiger partial charge in [-0.05, 0) is 68.0 Å². The van der Waals surface area contributed by atoms with Gasteiger partial charge < -0.3 is 10.2 Å². The van der Waals surface area contributed by atoms with E-state index in [-0.39, 0.29) is 5.54 Å². The molecule has 26 heavy (non-hydrogen) atoms. The Bertz CT molecular complexity index is 805. The first-order valence-corrected chi connectivity index (χ1v) is 9.69.